The van der Waals surface area contributed by atoms with Crippen LogP contribution in [0.25, 0.3) is 0 Å². The SMILES string of the molecule is CCn1cc(Nc2ncc(C(N)=O)c(NCc3cccc(C)c3C)n2)cn1. The van der Waals surface area contributed by atoms with Gasteiger partial charge in [0.25, 0.3) is 5.91 Å². The summed E-state index contributed by atoms with van der Waals surface area (Å²) in [5.74, 6) is 0.173. The van der Waals surface area contributed by atoms with Gasteiger partial charge >= 0.3 is 0 Å². The number of amides is 1. The fourth-order valence-electron chi connectivity index (χ4n) is 2.67. The van der Waals surface area contributed by atoms with Gasteiger partial charge in [0.1, 0.15) is 5.82 Å². The number of nitrogens with one attached hydrogen (secondary N) is 2. The van der Waals surface area contributed by atoms with Crippen molar-refractivity contribution in [1.29, 1.82) is 0 Å². The maximum atomic E-state index is 11.7. The van der Waals surface area contributed by atoms with E-state index < -0.39 is 5.91 Å². The molecule has 0 fully saturated rings. The Morgan fingerprint density at radius 1 is 1.26 bits per heavy atom. The number of aromatic nitrogens is 4. The van der Waals surface area contributed by atoms with Crippen LogP contribution >= 0.6 is 0 Å². The number of rotatable bonds is 7. The predicted molar refractivity (Wildman–Crippen MR) is 105 cm³/mol. The number of anilines is 3. The summed E-state index contributed by atoms with van der Waals surface area (Å²) in [7, 11) is 0. The highest BCUT2D eigenvalue weighted by molar-refractivity contribution is 5.97. The molecule has 0 bridgehead atoms. The first-order valence-electron chi connectivity index (χ1n) is 8.73. The Morgan fingerprint density at radius 3 is 2.78 bits per heavy atom. The highest BCUT2D eigenvalue weighted by Gasteiger charge is 2.13. The molecule has 1 amide bonds. The monoisotopic (exact) mass is 365 g/mol. The van der Waals surface area contributed by atoms with E-state index in [9.17, 15) is 4.79 Å². The van der Waals surface area contributed by atoms with Crippen LogP contribution in [-0.2, 0) is 13.1 Å². The molecule has 0 saturated heterocycles. The van der Waals surface area contributed by atoms with E-state index in [2.05, 4.69) is 45.6 Å². The first-order chi connectivity index (χ1) is 13.0. The smallest absolute Gasteiger partial charge is 0.254 e. The van der Waals surface area contributed by atoms with Crippen LogP contribution in [0.2, 0.25) is 0 Å². The van der Waals surface area contributed by atoms with Crippen LogP contribution in [0.1, 0.15) is 34.0 Å². The van der Waals surface area contributed by atoms with Crippen LogP contribution in [0.5, 0.6) is 0 Å². The fraction of sp³-hybridized carbons (Fsp3) is 0.263. The third-order valence-electron chi connectivity index (χ3n) is 4.43. The lowest BCUT2D eigenvalue weighted by Gasteiger charge is -2.13. The molecule has 0 unspecified atom stereocenters. The topological polar surface area (TPSA) is 111 Å². The zero-order valence-electron chi connectivity index (χ0n) is 15.7. The average molecular weight is 365 g/mol. The number of hydrogen-bond acceptors (Lipinski definition) is 6. The highest BCUT2D eigenvalue weighted by atomic mass is 16.1. The molecule has 0 aliphatic carbocycles. The largest absolute Gasteiger partial charge is 0.365 e. The molecule has 140 valence electrons. The third-order valence-corrected chi connectivity index (χ3v) is 4.43. The number of nitrogens with two attached hydrogens (primary N) is 1. The molecule has 27 heavy (non-hydrogen) atoms. The maximum Gasteiger partial charge on any atom is 0.254 e. The van der Waals surface area contributed by atoms with Crippen LogP contribution in [0.3, 0.4) is 0 Å². The summed E-state index contributed by atoms with van der Waals surface area (Å²) in [6.07, 6.45) is 4.97. The molecule has 0 aliphatic heterocycles. The van der Waals surface area contributed by atoms with Crippen LogP contribution in [0, 0.1) is 13.8 Å². The van der Waals surface area contributed by atoms with Gasteiger partial charge in [0.05, 0.1) is 17.4 Å². The van der Waals surface area contributed by atoms with Gasteiger partial charge in [0.2, 0.25) is 5.95 Å². The molecule has 0 saturated carbocycles. The third kappa shape index (κ3) is 4.22. The number of nitrogens with zero attached hydrogens (tertiary/aromatic N) is 4. The van der Waals surface area contributed by atoms with Crippen molar-refractivity contribution < 1.29 is 4.79 Å². The molecule has 0 spiro atoms. The minimum atomic E-state index is -0.580. The van der Waals surface area contributed by atoms with Gasteiger partial charge in [-0.2, -0.15) is 10.1 Å². The lowest BCUT2D eigenvalue weighted by molar-refractivity contribution is 0.100. The Kier molecular flexibility index (Phi) is 5.35. The van der Waals surface area contributed by atoms with Gasteiger partial charge in [0, 0.05) is 25.5 Å². The first kappa shape index (κ1) is 18.4. The fourth-order valence-corrected chi connectivity index (χ4v) is 2.67. The van der Waals surface area contributed by atoms with Crippen molar-refractivity contribution >= 4 is 23.4 Å². The van der Waals surface area contributed by atoms with E-state index in [4.69, 9.17) is 5.73 Å². The van der Waals surface area contributed by atoms with E-state index in [1.54, 1.807) is 10.9 Å². The molecule has 2 aromatic heterocycles. The van der Waals surface area contributed by atoms with E-state index in [0.717, 1.165) is 17.8 Å². The van der Waals surface area contributed by atoms with Crippen LogP contribution < -0.4 is 16.4 Å². The maximum absolute atomic E-state index is 11.7. The van der Waals surface area contributed by atoms with Gasteiger partial charge in [-0.25, -0.2) is 4.98 Å². The van der Waals surface area contributed by atoms with Crippen molar-refractivity contribution in [2.75, 3.05) is 10.6 Å². The molecular formula is C19H23N7O. The van der Waals surface area contributed by atoms with Crippen molar-refractivity contribution in [3.63, 3.8) is 0 Å². The van der Waals surface area contributed by atoms with Gasteiger partial charge in [-0.1, -0.05) is 18.2 Å². The van der Waals surface area contributed by atoms with E-state index >= 15 is 0 Å². The molecule has 0 radical (unpaired) electrons. The predicted octanol–water partition coefficient (Wildman–Crippen LogP) is 2.76. The Bertz CT molecular complexity index is 964. The molecular weight excluding hydrogens is 342 g/mol. The molecule has 0 aliphatic rings. The zero-order chi connectivity index (χ0) is 19.4. The van der Waals surface area contributed by atoms with Gasteiger partial charge in [-0.15, -0.1) is 0 Å². The second-order valence-corrected chi connectivity index (χ2v) is 6.24. The molecule has 3 aromatic rings. The summed E-state index contributed by atoms with van der Waals surface area (Å²) in [6, 6.07) is 6.11. The van der Waals surface area contributed by atoms with E-state index in [-0.39, 0.29) is 5.56 Å². The molecule has 3 rings (SSSR count). The van der Waals surface area contributed by atoms with Gasteiger partial charge in [-0.3, -0.25) is 9.48 Å². The zero-order valence-corrected chi connectivity index (χ0v) is 15.7. The second kappa shape index (κ2) is 7.86. The summed E-state index contributed by atoms with van der Waals surface area (Å²) in [5, 5.41) is 10.5. The van der Waals surface area contributed by atoms with E-state index in [0.29, 0.717) is 18.3 Å². The van der Waals surface area contributed by atoms with Crippen LogP contribution in [0.4, 0.5) is 17.5 Å². The molecule has 8 nitrogen and oxygen atoms in total. The van der Waals surface area contributed by atoms with Gasteiger partial charge < -0.3 is 16.4 Å². The van der Waals surface area contributed by atoms with E-state index in [1.165, 1.54) is 17.3 Å². The molecule has 0 atom stereocenters. The minimum absolute atomic E-state index is 0.245. The summed E-state index contributed by atoms with van der Waals surface area (Å²) < 4.78 is 1.79. The molecule has 2 heterocycles. The van der Waals surface area contributed by atoms with Crippen LogP contribution in [-0.4, -0.2) is 25.7 Å². The number of primary amides is 1. The Hall–Kier alpha value is -3.42. The molecule has 4 N–H and O–H groups in total. The standard InChI is InChI=1S/C19H23N7O/c1-4-26-11-15(9-23-26)24-19-22-10-16(17(20)27)18(25-19)21-8-14-7-5-6-12(2)13(14)3/h5-7,9-11H,4,8H2,1-3H3,(H2,20,27)(H2,21,22,24,25). The minimum Gasteiger partial charge on any atom is -0.365 e. The van der Waals surface area contributed by atoms with Crippen molar-refractivity contribution in [1.82, 2.24) is 19.7 Å². The lowest BCUT2D eigenvalue weighted by Crippen LogP contribution is -2.17. The van der Waals surface area contributed by atoms with Crippen molar-refractivity contribution in [3.05, 3.63) is 59.0 Å². The van der Waals surface area contributed by atoms with Gasteiger partial charge in [-0.05, 0) is 37.5 Å². The van der Waals surface area contributed by atoms with Crippen molar-refractivity contribution in [2.45, 2.75) is 33.9 Å². The summed E-state index contributed by atoms with van der Waals surface area (Å²) in [5.41, 5.74) is 10.0. The number of benzene rings is 1. The Morgan fingerprint density at radius 2 is 2.07 bits per heavy atom. The summed E-state index contributed by atoms with van der Waals surface area (Å²) >= 11 is 0. The highest BCUT2D eigenvalue weighted by Crippen LogP contribution is 2.19. The Labute approximate surface area is 157 Å². The number of aryl methyl sites for hydroxylation is 2. The molecule has 1 aromatic carbocycles. The number of hydrogen-bond donors (Lipinski definition) is 3. The number of carbonyl (C=O) groups excluding carboxylic acids is 1. The normalized spacial score (nSPS) is 10.6. The Balaban J connectivity index is 1.83. The summed E-state index contributed by atoms with van der Waals surface area (Å²) in [4.78, 5) is 20.3. The van der Waals surface area contributed by atoms with Crippen molar-refractivity contribution in [3.8, 4) is 0 Å². The van der Waals surface area contributed by atoms with Crippen LogP contribution in [0.15, 0.2) is 36.8 Å². The van der Waals surface area contributed by atoms with Gasteiger partial charge in [0.15, 0.2) is 0 Å². The lowest BCUT2D eigenvalue weighted by atomic mass is 10.0. The number of carbonyl (C=O) groups is 1. The quantitative estimate of drug-likeness (QED) is 0.594. The second-order valence-electron chi connectivity index (χ2n) is 6.24. The molecule has 8 heteroatoms. The van der Waals surface area contributed by atoms with Crippen molar-refractivity contribution in [2.24, 2.45) is 5.73 Å². The summed E-state index contributed by atoms with van der Waals surface area (Å²) in [6.45, 7) is 7.44. The average Bonchev–Trinajstić information content (AvgIpc) is 3.10. The first-order valence-corrected chi connectivity index (χ1v) is 8.73. The van der Waals surface area contributed by atoms with E-state index in [1.807, 2.05) is 25.3 Å².